The van der Waals surface area contributed by atoms with Crippen LogP contribution in [-0.2, 0) is 4.79 Å². The highest BCUT2D eigenvalue weighted by Gasteiger charge is 2.35. The SMILES string of the molecule is CC(C(=O)c1ccccc1)C(=S)N(CC(=O)O)C1CC1. The van der Waals surface area contributed by atoms with Crippen LogP contribution in [0, 0.1) is 5.92 Å². The fourth-order valence-corrected chi connectivity index (χ4v) is 2.45. The van der Waals surface area contributed by atoms with Gasteiger partial charge < -0.3 is 10.0 Å². The third-order valence-corrected chi connectivity index (χ3v) is 3.99. The van der Waals surface area contributed by atoms with Gasteiger partial charge in [0, 0.05) is 11.6 Å². The second-order valence-electron chi connectivity index (χ2n) is 5.04. The number of Topliss-reactive ketones (excluding diaryl/α,β-unsaturated/α-hetero) is 1. The zero-order valence-electron chi connectivity index (χ0n) is 11.3. The number of aliphatic carboxylic acids is 1. The van der Waals surface area contributed by atoms with Gasteiger partial charge in [0.25, 0.3) is 0 Å². The highest BCUT2D eigenvalue weighted by molar-refractivity contribution is 7.80. The van der Waals surface area contributed by atoms with Crippen LogP contribution in [0.2, 0.25) is 0 Å². The number of thiocarbonyl (C=S) groups is 1. The Kier molecular flexibility index (Phi) is 4.49. The maximum absolute atomic E-state index is 12.4. The number of nitrogens with zero attached hydrogens (tertiary/aromatic N) is 1. The molecule has 1 aromatic carbocycles. The second-order valence-corrected chi connectivity index (χ2v) is 5.46. The van der Waals surface area contributed by atoms with Crippen LogP contribution in [0.25, 0.3) is 0 Å². The lowest BCUT2D eigenvalue weighted by Crippen LogP contribution is -2.41. The smallest absolute Gasteiger partial charge is 0.323 e. The molecule has 0 saturated heterocycles. The summed E-state index contributed by atoms with van der Waals surface area (Å²) in [6.07, 6.45) is 1.89. The van der Waals surface area contributed by atoms with Crippen molar-refractivity contribution in [2.45, 2.75) is 25.8 Å². The number of benzene rings is 1. The van der Waals surface area contributed by atoms with Gasteiger partial charge in [-0.25, -0.2) is 0 Å². The highest BCUT2D eigenvalue weighted by atomic mass is 32.1. The quantitative estimate of drug-likeness (QED) is 0.644. The Balaban J connectivity index is 2.10. The van der Waals surface area contributed by atoms with Crippen molar-refractivity contribution >= 4 is 29.0 Å². The lowest BCUT2D eigenvalue weighted by Gasteiger charge is -2.26. The number of carboxylic acid groups (broad SMARTS) is 1. The van der Waals surface area contributed by atoms with Crippen LogP contribution in [0.1, 0.15) is 30.1 Å². The standard InChI is InChI=1S/C15H17NO3S/c1-10(14(19)11-5-3-2-4-6-11)15(20)16(9-13(17)18)12-7-8-12/h2-6,10,12H,7-9H2,1H3,(H,17,18). The molecule has 1 aliphatic carbocycles. The number of carbonyl (C=O) groups excluding carboxylic acids is 1. The molecule has 2 rings (SSSR count). The van der Waals surface area contributed by atoms with E-state index in [9.17, 15) is 9.59 Å². The maximum Gasteiger partial charge on any atom is 0.323 e. The molecule has 1 aliphatic rings. The van der Waals surface area contributed by atoms with Crippen molar-refractivity contribution in [2.24, 2.45) is 5.92 Å². The Morgan fingerprint density at radius 3 is 2.45 bits per heavy atom. The first-order valence-corrected chi connectivity index (χ1v) is 7.03. The van der Waals surface area contributed by atoms with Crippen LogP contribution >= 0.6 is 12.2 Å². The average molecular weight is 291 g/mol. The lowest BCUT2D eigenvalue weighted by molar-refractivity contribution is -0.137. The minimum absolute atomic E-state index is 0.0633. The molecular weight excluding hydrogens is 274 g/mol. The Morgan fingerprint density at radius 1 is 1.35 bits per heavy atom. The molecule has 0 spiro atoms. The van der Waals surface area contributed by atoms with E-state index in [-0.39, 0.29) is 18.4 Å². The summed E-state index contributed by atoms with van der Waals surface area (Å²) >= 11 is 5.35. The normalized spacial score (nSPS) is 15.4. The van der Waals surface area contributed by atoms with Gasteiger partial charge in [0.15, 0.2) is 5.78 Å². The predicted molar refractivity (Wildman–Crippen MR) is 79.9 cm³/mol. The molecule has 1 unspecified atom stereocenters. The predicted octanol–water partition coefficient (Wildman–Crippen LogP) is 2.38. The van der Waals surface area contributed by atoms with E-state index in [2.05, 4.69) is 0 Å². The molecular formula is C15H17NO3S. The van der Waals surface area contributed by atoms with Crippen molar-refractivity contribution in [1.29, 1.82) is 0 Å². The summed E-state index contributed by atoms with van der Waals surface area (Å²) in [5.74, 6) is -1.46. The fourth-order valence-electron chi connectivity index (χ4n) is 2.13. The van der Waals surface area contributed by atoms with Gasteiger partial charge in [-0.05, 0) is 19.8 Å². The van der Waals surface area contributed by atoms with Gasteiger partial charge in [-0.15, -0.1) is 0 Å². The summed E-state index contributed by atoms with van der Waals surface area (Å²) in [6.45, 7) is 1.62. The van der Waals surface area contributed by atoms with Crippen LogP contribution in [0.5, 0.6) is 0 Å². The summed E-state index contributed by atoms with van der Waals surface area (Å²) in [5.41, 5.74) is 0.605. The fraction of sp³-hybridized carbons (Fsp3) is 0.400. The van der Waals surface area contributed by atoms with Gasteiger partial charge in [0.2, 0.25) is 0 Å². The molecule has 1 aromatic rings. The van der Waals surface area contributed by atoms with Crippen molar-refractivity contribution < 1.29 is 14.7 Å². The summed E-state index contributed by atoms with van der Waals surface area (Å²) < 4.78 is 0. The van der Waals surface area contributed by atoms with E-state index >= 15 is 0 Å². The molecule has 1 saturated carbocycles. The van der Waals surface area contributed by atoms with Crippen LogP contribution in [0.15, 0.2) is 30.3 Å². The van der Waals surface area contributed by atoms with E-state index in [0.717, 1.165) is 12.8 Å². The van der Waals surface area contributed by atoms with Gasteiger partial charge >= 0.3 is 5.97 Å². The van der Waals surface area contributed by atoms with Gasteiger partial charge in [0.1, 0.15) is 6.54 Å². The first kappa shape index (κ1) is 14.7. The number of carbonyl (C=O) groups is 2. The molecule has 0 radical (unpaired) electrons. The number of ketones is 1. The van der Waals surface area contributed by atoms with Crippen LogP contribution in [0.3, 0.4) is 0 Å². The van der Waals surface area contributed by atoms with E-state index in [1.807, 2.05) is 6.07 Å². The number of rotatable bonds is 6. The number of hydrogen-bond acceptors (Lipinski definition) is 3. The van der Waals surface area contributed by atoms with E-state index in [1.165, 1.54) is 0 Å². The molecule has 1 fully saturated rings. The van der Waals surface area contributed by atoms with Crippen LogP contribution < -0.4 is 0 Å². The summed E-state index contributed by atoms with van der Waals surface area (Å²) in [5, 5.41) is 8.96. The molecule has 20 heavy (non-hydrogen) atoms. The van der Waals surface area contributed by atoms with Gasteiger partial charge in [0.05, 0.1) is 10.9 Å². The molecule has 0 amide bonds. The maximum atomic E-state index is 12.4. The van der Waals surface area contributed by atoms with Gasteiger partial charge in [-0.2, -0.15) is 0 Å². The van der Waals surface area contributed by atoms with Gasteiger partial charge in [-0.3, -0.25) is 9.59 Å². The summed E-state index contributed by atoms with van der Waals surface area (Å²) in [4.78, 5) is 25.4. The molecule has 0 aromatic heterocycles. The number of carboxylic acids is 1. The zero-order valence-corrected chi connectivity index (χ0v) is 12.1. The van der Waals surface area contributed by atoms with Gasteiger partial charge in [-0.1, -0.05) is 42.5 Å². The largest absolute Gasteiger partial charge is 0.480 e. The van der Waals surface area contributed by atoms with E-state index in [1.54, 1.807) is 36.1 Å². The van der Waals surface area contributed by atoms with E-state index < -0.39 is 11.9 Å². The average Bonchev–Trinajstić information content (AvgIpc) is 3.27. The monoisotopic (exact) mass is 291 g/mol. The Labute approximate surface area is 123 Å². The molecule has 1 atom stereocenters. The minimum Gasteiger partial charge on any atom is -0.480 e. The first-order chi connectivity index (χ1) is 9.50. The van der Waals surface area contributed by atoms with E-state index in [4.69, 9.17) is 17.3 Å². The van der Waals surface area contributed by atoms with Crippen molar-refractivity contribution in [1.82, 2.24) is 4.90 Å². The molecule has 4 nitrogen and oxygen atoms in total. The molecule has 0 heterocycles. The molecule has 0 bridgehead atoms. The molecule has 5 heteroatoms. The molecule has 106 valence electrons. The summed E-state index contributed by atoms with van der Waals surface area (Å²) in [6, 6.07) is 9.14. The van der Waals surface area contributed by atoms with E-state index in [0.29, 0.717) is 10.6 Å². The van der Waals surface area contributed by atoms with Crippen LogP contribution in [0.4, 0.5) is 0 Å². The minimum atomic E-state index is -0.918. The topological polar surface area (TPSA) is 57.6 Å². The molecule has 1 N–H and O–H groups in total. The van der Waals surface area contributed by atoms with Crippen molar-refractivity contribution in [3.05, 3.63) is 35.9 Å². The third kappa shape index (κ3) is 3.42. The Bertz CT molecular complexity index is 525. The Hall–Kier alpha value is -1.75. The highest BCUT2D eigenvalue weighted by Crippen LogP contribution is 2.29. The first-order valence-electron chi connectivity index (χ1n) is 6.62. The third-order valence-electron chi connectivity index (χ3n) is 3.40. The van der Waals surface area contributed by atoms with Crippen LogP contribution in [-0.4, -0.2) is 39.3 Å². The Morgan fingerprint density at radius 2 is 1.95 bits per heavy atom. The van der Waals surface area contributed by atoms with Crippen molar-refractivity contribution in [3.8, 4) is 0 Å². The molecule has 0 aliphatic heterocycles. The summed E-state index contributed by atoms with van der Waals surface area (Å²) in [7, 11) is 0. The number of hydrogen-bond donors (Lipinski definition) is 1. The van der Waals surface area contributed by atoms with Crippen molar-refractivity contribution in [3.63, 3.8) is 0 Å². The zero-order chi connectivity index (χ0) is 14.7. The van der Waals surface area contributed by atoms with Crippen molar-refractivity contribution in [2.75, 3.05) is 6.54 Å². The second kappa shape index (κ2) is 6.13. The lowest BCUT2D eigenvalue weighted by atomic mass is 9.98.